The molecule has 1 fully saturated rings. The maximum Gasteiger partial charge on any atom is 0.339 e. The molecule has 0 radical (unpaired) electrons. The van der Waals surface area contributed by atoms with E-state index in [4.69, 9.17) is 21.1 Å². The molecule has 1 saturated heterocycles. The number of nitrogens with zero attached hydrogens (tertiary/aromatic N) is 3. The molecule has 3 rings (SSSR count). The van der Waals surface area contributed by atoms with Crippen molar-refractivity contribution in [2.45, 2.75) is 25.6 Å². The van der Waals surface area contributed by atoms with E-state index >= 15 is 0 Å². The quantitative estimate of drug-likeness (QED) is 0.928. The van der Waals surface area contributed by atoms with Gasteiger partial charge in [0.15, 0.2) is 10.8 Å². The fraction of sp³-hybridized carbons (Fsp3) is 0.462. The van der Waals surface area contributed by atoms with E-state index < -0.39 is 12.1 Å². The Balaban J connectivity index is 2.04. The van der Waals surface area contributed by atoms with Crippen molar-refractivity contribution < 1.29 is 19.4 Å². The van der Waals surface area contributed by atoms with Crippen molar-refractivity contribution in [1.29, 1.82) is 0 Å². The van der Waals surface area contributed by atoms with E-state index in [9.17, 15) is 9.90 Å². The van der Waals surface area contributed by atoms with Gasteiger partial charge in [-0.2, -0.15) is 5.10 Å². The van der Waals surface area contributed by atoms with Crippen LogP contribution in [0.25, 0.3) is 5.65 Å². The largest absolute Gasteiger partial charge is 0.478 e. The SMILES string of the molecule is C[C@H](OC1CCOC1)c1c(C(=O)O)cnc2cc(Cl)nn12. The van der Waals surface area contributed by atoms with Crippen LogP contribution in [0.1, 0.15) is 35.5 Å². The Bertz CT molecular complexity index is 681. The molecule has 21 heavy (non-hydrogen) atoms. The van der Waals surface area contributed by atoms with Crippen molar-refractivity contribution in [1.82, 2.24) is 14.6 Å². The molecule has 0 aromatic carbocycles. The molecule has 7 nitrogen and oxygen atoms in total. The highest BCUT2D eigenvalue weighted by Crippen LogP contribution is 2.26. The second kappa shape index (κ2) is 5.59. The van der Waals surface area contributed by atoms with Crippen molar-refractivity contribution in [2.75, 3.05) is 13.2 Å². The summed E-state index contributed by atoms with van der Waals surface area (Å²) in [5.74, 6) is -1.08. The monoisotopic (exact) mass is 311 g/mol. The van der Waals surface area contributed by atoms with Crippen LogP contribution >= 0.6 is 11.6 Å². The molecule has 0 saturated carbocycles. The van der Waals surface area contributed by atoms with Crippen LogP contribution in [-0.4, -0.2) is 45.0 Å². The molecule has 0 aliphatic carbocycles. The molecule has 1 aliphatic heterocycles. The Hall–Kier alpha value is -1.70. The van der Waals surface area contributed by atoms with Crippen LogP contribution in [0, 0.1) is 0 Å². The van der Waals surface area contributed by atoms with E-state index in [1.807, 2.05) is 0 Å². The minimum absolute atomic E-state index is 0.0455. The maximum atomic E-state index is 11.4. The minimum Gasteiger partial charge on any atom is -0.478 e. The molecule has 1 unspecified atom stereocenters. The zero-order valence-electron chi connectivity index (χ0n) is 11.3. The summed E-state index contributed by atoms with van der Waals surface area (Å²) in [6, 6.07) is 1.57. The number of hydrogen-bond donors (Lipinski definition) is 1. The predicted octanol–water partition coefficient (Wildman–Crippen LogP) is 1.95. The Kier molecular flexibility index (Phi) is 3.79. The van der Waals surface area contributed by atoms with E-state index in [1.54, 1.807) is 13.0 Å². The number of carbonyl (C=O) groups is 1. The fourth-order valence-electron chi connectivity index (χ4n) is 2.45. The number of halogens is 1. The van der Waals surface area contributed by atoms with Crippen molar-refractivity contribution >= 4 is 23.2 Å². The van der Waals surface area contributed by atoms with E-state index in [1.165, 1.54) is 10.7 Å². The first-order valence-corrected chi connectivity index (χ1v) is 6.94. The molecule has 2 aromatic heterocycles. The van der Waals surface area contributed by atoms with Crippen LogP contribution in [0.2, 0.25) is 5.15 Å². The molecule has 112 valence electrons. The predicted molar refractivity (Wildman–Crippen MR) is 73.7 cm³/mol. The highest BCUT2D eigenvalue weighted by molar-refractivity contribution is 6.29. The van der Waals surface area contributed by atoms with E-state index in [0.717, 1.165) is 6.42 Å². The molecule has 0 spiro atoms. The number of fused-ring (bicyclic) bond motifs is 1. The molecule has 0 bridgehead atoms. The van der Waals surface area contributed by atoms with Crippen molar-refractivity contribution in [3.05, 3.63) is 28.7 Å². The normalized spacial score (nSPS) is 20.0. The molecule has 2 aromatic rings. The van der Waals surface area contributed by atoms with Crippen LogP contribution in [0.4, 0.5) is 0 Å². The summed E-state index contributed by atoms with van der Waals surface area (Å²) >= 11 is 5.88. The van der Waals surface area contributed by atoms with Crippen molar-refractivity contribution in [2.24, 2.45) is 0 Å². The smallest absolute Gasteiger partial charge is 0.339 e. The van der Waals surface area contributed by atoms with Gasteiger partial charge in [-0.05, 0) is 13.3 Å². The lowest BCUT2D eigenvalue weighted by Crippen LogP contribution is -2.20. The molecule has 1 aliphatic rings. The molecule has 3 heterocycles. The summed E-state index contributed by atoms with van der Waals surface area (Å²) in [7, 11) is 0. The molecule has 0 amide bonds. The zero-order valence-corrected chi connectivity index (χ0v) is 12.1. The number of aromatic nitrogens is 3. The van der Waals surface area contributed by atoms with Crippen molar-refractivity contribution in [3.8, 4) is 0 Å². The van der Waals surface area contributed by atoms with Gasteiger partial charge in [0.05, 0.1) is 24.5 Å². The second-order valence-electron chi connectivity index (χ2n) is 4.86. The van der Waals surface area contributed by atoms with Crippen molar-refractivity contribution in [3.63, 3.8) is 0 Å². The van der Waals surface area contributed by atoms with E-state index in [-0.39, 0.29) is 16.8 Å². The summed E-state index contributed by atoms with van der Waals surface area (Å²) in [4.78, 5) is 15.5. The highest BCUT2D eigenvalue weighted by Gasteiger charge is 2.26. The third kappa shape index (κ3) is 2.72. The standard InChI is InChI=1S/C13H14ClN3O4/c1-7(21-8-2-3-20-6-8)12-9(13(18)19)5-15-11-4-10(14)16-17(11)12/h4-5,7-8H,2-3,6H2,1H3,(H,18,19)/t7-,8?/m0/s1. The van der Waals surface area contributed by atoms with Gasteiger partial charge in [0.2, 0.25) is 0 Å². The number of aromatic carboxylic acids is 1. The Morgan fingerprint density at radius 1 is 1.67 bits per heavy atom. The number of ether oxygens (including phenoxy) is 2. The van der Waals surface area contributed by atoms with Gasteiger partial charge in [-0.1, -0.05) is 11.6 Å². The van der Waals surface area contributed by atoms with Gasteiger partial charge >= 0.3 is 5.97 Å². The maximum absolute atomic E-state index is 11.4. The van der Waals surface area contributed by atoms with Crippen LogP contribution < -0.4 is 0 Å². The Morgan fingerprint density at radius 3 is 3.14 bits per heavy atom. The summed E-state index contributed by atoms with van der Waals surface area (Å²) in [5.41, 5.74) is 0.957. The first-order chi connectivity index (χ1) is 10.1. The number of carboxylic acid groups (broad SMARTS) is 1. The van der Waals surface area contributed by atoms with Gasteiger partial charge in [0.1, 0.15) is 5.56 Å². The molecule has 1 N–H and O–H groups in total. The lowest BCUT2D eigenvalue weighted by atomic mass is 10.1. The molecular formula is C13H14ClN3O4. The number of carboxylic acids is 1. The third-order valence-electron chi connectivity index (χ3n) is 3.39. The van der Waals surface area contributed by atoms with E-state index in [0.29, 0.717) is 24.6 Å². The van der Waals surface area contributed by atoms with Gasteiger partial charge < -0.3 is 14.6 Å². The molecular weight excluding hydrogens is 298 g/mol. The summed E-state index contributed by atoms with van der Waals surface area (Å²) in [6.45, 7) is 2.96. The van der Waals surface area contributed by atoms with Gasteiger partial charge in [-0.15, -0.1) is 0 Å². The summed E-state index contributed by atoms with van der Waals surface area (Å²) < 4.78 is 12.6. The number of hydrogen-bond acceptors (Lipinski definition) is 5. The average molecular weight is 312 g/mol. The first kappa shape index (κ1) is 14.2. The molecule has 2 atom stereocenters. The van der Waals surface area contributed by atoms with Gasteiger partial charge in [-0.25, -0.2) is 14.3 Å². The number of rotatable bonds is 4. The summed E-state index contributed by atoms with van der Waals surface area (Å²) in [6.07, 6.45) is 1.58. The van der Waals surface area contributed by atoms with Gasteiger partial charge in [0, 0.05) is 18.9 Å². The minimum atomic E-state index is -1.08. The Labute approximate surface area is 125 Å². The van der Waals surface area contributed by atoms with E-state index in [2.05, 4.69) is 10.1 Å². The van der Waals surface area contributed by atoms with Crippen LogP contribution in [0.15, 0.2) is 12.3 Å². The topological polar surface area (TPSA) is 86.0 Å². The zero-order chi connectivity index (χ0) is 15.0. The van der Waals surface area contributed by atoms with Crippen LogP contribution in [0.5, 0.6) is 0 Å². The Morgan fingerprint density at radius 2 is 2.48 bits per heavy atom. The third-order valence-corrected chi connectivity index (χ3v) is 3.58. The lowest BCUT2D eigenvalue weighted by Gasteiger charge is -2.19. The highest BCUT2D eigenvalue weighted by atomic mass is 35.5. The first-order valence-electron chi connectivity index (χ1n) is 6.57. The summed E-state index contributed by atoms with van der Waals surface area (Å²) in [5, 5.41) is 13.7. The lowest BCUT2D eigenvalue weighted by molar-refractivity contribution is -0.0113. The fourth-order valence-corrected chi connectivity index (χ4v) is 2.63. The van der Waals surface area contributed by atoms with Crippen LogP contribution in [0.3, 0.4) is 0 Å². The van der Waals surface area contributed by atoms with Gasteiger partial charge in [0.25, 0.3) is 0 Å². The molecule has 8 heteroatoms. The van der Waals surface area contributed by atoms with Crippen LogP contribution in [-0.2, 0) is 9.47 Å². The second-order valence-corrected chi connectivity index (χ2v) is 5.25. The average Bonchev–Trinajstić information content (AvgIpc) is 3.04. The van der Waals surface area contributed by atoms with Gasteiger partial charge in [-0.3, -0.25) is 0 Å².